The number of esters is 2. The van der Waals surface area contributed by atoms with Gasteiger partial charge in [-0.25, -0.2) is 0 Å². The molecule has 0 fully saturated rings. The van der Waals surface area contributed by atoms with Crippen LogP contribution in [0.15, 0.2) is 18.2 Å². The van der Waals surface area contributed by atoms with Crippen LogP contribution in [-0.4, -0.2) is 38.2 Å². The Morgan fingerprint density at radius 3 is 1.96 bits per heavy atom. The Bertz CT molecular complexity index is 536. The number of anilines is 2. The summed E-state index contributed by atoms with van der Waals surface area (Å²) in [7, 11) is 0. The van der Waals surface area contributed by atoms with Gasteiger partial charge in [0.05, 0.1) is 13.2 Å². The summed E-state index contributed by atoms with van der Waals surface area (Å²) in [5, 5.41) is 0. The molecular formula is C19H30N2O4. The van der Waals surface area contributed by atoms with Gasteiger partial charge in [0.1, 0.15) is 0 Å². The molecule has 140 valence electrons. The lowest BCUT2D eigenvalue weighted by atomic mass is 10.1. The third kappa shape index (κ3) is 7.92. The van der Waals surface area contributed by atoms with Crippen LogP contribution in [0, 0.1) is 6.92 Å². The highest BCUT2D eigenvalue weighted by Gasteiger charge is 2.11. The minimum Gasteiger partial charge on any atom is -0.466 e. The lowest BCUT2D eigenvalue weighted by Crippen LogP contribution is -2.27. The van der Waals surface area contributed by atoms with Crippen molar-refractivity contribution in [3.05, 3.63) is 23.8 Å². The highest BCUT2D eigenvalue weighted by molar-refractivity contribution is 5.70. The van der Waals surface area contributed by atoms with Gasteiger partial charge in [0.2, 0.25) is 0 Å². The molecule has 6 nitrogen and oxygen atoms in total. The second kappa shape index (κ2) is 11.3. The van der Waals surface area contributed by atoms with Crippen LogP contribution in [0.1, 0.15) is 45.1 Å². The molecule has 0 unspecified atom stereocenters. The van der Waals surface area contributed by atoms with Gasteiger partial charge in [0, 0.05) is 37.3 Å². The predicted octanol–water partition coefficient (Wildman–Crippen LogP) is 3.07. The number of hydrogen-bond acceptors (Lipinski definition) is 6. The first-order valence-corrected chi connectivity index (χ1v) is 8.90. The van der Waals surface area contributed by atoms with Gasteiger partial charge in [-0.05, 0) is 57.4 Å². The number of nitrogen functional groups attached to an aromatic ring is 1. The lowest BCUT2D eigenvalue weighted by Gasteiger charge is -2.25. The maximum Gasteiger partial charge on any atom is 0.305 e. The van der Waals surface area contributed by atoms with E-state index in [1.54, 1.807) is 13.8 Å². The minimum atomic E-state index is -0.178. The maximum absolute atomic E-state index is 11.5. The summed E-state index contributed by atoms with van der Waals surface area (Å²) in [5.41, 5.74) is 8.70. The van der Waals surface area contributed by atoms with E-state index in [0.29, 0.717) is 52.0 Å². The fourth-order valence-electron chi connectivity index (χ4n) is 2.52. The number of carbonyl (C=O) groups excluding carboxylic acids is 2. The van der Waals surface area contributed by atoms with E-state index in [0.717, 1.165) is 16.9 Å². The molecule has 0 aliphatic carbocycles. The number of ether oxygens (including phenoxy) is 2. The number of nitrogens with zero attached hydrogens (tertiary/aromatic N) is 1. The van der Waals surface area contributed by atoms with Gasteiger partial charge in [-0.1, -0.05) is 0 Å². The molecular weight excluding hydrogens is 320 g/mol. The van der Waals surface area contributed by atoms with Crippen LogP contribution in [0.4, 0.5) is 11.4 Å². The monoisotopic (exact) mass is 350 g/mol. The zero-order valence-corrected chi connectivity index (χ0v) is 15.5. The van der Waals surface area contributed by atoms with Gasteiger partial charge in [-0.3, -0.25) is 9.59 Å². The SMILES string of the molecule is CCOC(=O)CCCN(CCCC(=O)OCC)c1ccc(N)c(C)c1. The van der Waals surface area contributed by atoms with Gasteiger partial charge < -0.3 is 20.1 Å². The fourth-order valence-corrected chi connectivity index (χ4v) is 2.52. The quantitative estimate of drug-likeness (QED) is 0.488. The van der Waals surface area contributed by atoms with Crippen LogP contribution >= 0.6 is 0 Å². The molecule has 1 rings (SSSR count). The molecule has 25 heavy (non-hydrogen) atoms. The molecule has 0 amide bonds. The number of benzene rings is 1. The number of aryl methyl sites for hydroxylation is 1. The Balaban J connectivity index is 2.64. The minimum absolute atomic E-state index is 0.178. The Morgan fingerprint density at radius 2 is 1.52 bits per heavy atom. The molecule has 1 aromatic carbocycles. The summed E-state index contributed by atoms with van der Waals surface area (Å²) in [6.45, 7) is 7.80. The Kier molecular flexibility index (Phi) is 9.43. The first-order chi connectivity index (χ1) is 12.0. The van der Waals surface area contributed by atoms with Crippen LogP contribution in [0.3, 0.4) is 0 Å². The van der Waals surface area contributed by atoms with Crippen molar-refractivity contribution in [3.8, 4) is 0 Å². The van der Waals surface area contributed by atoms with Crippen molar-refractivity contribution in [3.63, 3.8) is 0 Å². The highest BCUT2D eigenvalue weighted by Crippen LogP contribution is 2.21. The topological polar surface area (TPSA) is 81.9 Å². The summed E-state index contributed by atoms with van der Waals surface area (Å²) in [4.78, 5) is 25.2. The molecule has 0 saturated carbocycles. The molecule has 1 aromatic rings. The predicted molar refractivity (Wildman–Crippen MR) is 99.5 cm³/mol. The molecule has 0 saturated heterocycles. The van der Waals surface area contributed by atoms with Crippen LogP contribution in [0.2, 0.25) is 0 Å². The number of carbonyl (C=O) groups is 2. The normalized spacial score (nSPS) is 10.4. The van der Waals surface area contributed by atoms with Crippen molar-refractivity contribution in [1.29, 1.82) is 0 Å². The number of nitrogens with two attached hydrogens (primary N) is 1. The molecule has 0 heterocycles. The van der Waals surface area contributed by atoms with E-state index in [9.17, 15) is 9.59 Å². The van der Waals surface area contributed by atoms with Gasteiger partial charge in [0.15, 0.2) is 0 Å². The van der Waals surface area contributed by atoms with E-state index in [2.05, 4.69) is 4.90 Å². The first-order valence-electron chi connectivity index (χ1n) is 8.90. The molecule has 2 N–H and O–H groups in total. The second-order valence-electron chi connectivity index (χ2n) is 5.85. The number of rotatable bonds is 11. The maximum atomic E-state index is 11.5. The Labute approximate surface area is 150 Å². The van der Waals surface area contributed by atoms with Gasteiger partial charge in [0.25, 0.3) is 0 Å². The molecule has 0 bridgehead atoms. The van der Waals surface area contributed by atoms with E-state index >= 15 is 0 Å². The zero-order chi connectivity index (χ0) is 18.7. The standard InChI is InChI=1S/C19H30N2O4/c1-4-24-18(22)8-6-12-21(13-7-9-19(23)25-5-2)16-10-11-17(20)15(3)14-16/h10-11,14H,4-9,12-13,20H2,1-3H3. The second-order valence-corrected chi connectivity index (χ2v) is 5.85. The summed E-state index contributed by atoms with van der Waals surface area (Å²) < 4.78 is 9.94. The molecule has 0 aromatic heterocycles. The molecule has 6 heteroatoms. The molecule has 0 radical (unpaired) electrons. The molecule has 0 spiro atoms. The summed E-state index contributed by atoms with van der Waals surface area (Å²) in [6, 6.07) is 5.88. The van der Waals surface area contributed by atoms with E-state index in [1.165, 1.54) is 0 Å². The van der Waals surface area contributed by atoms with Crippen molar-refractivity contribution in [2.24, 2.45) is 0 Å². The average Bonchev–Trinajstić information content (AvgIpc) is 2.56. The zero-order valence-electron chi connectivity index (χ0n) is 15.5. The van der Waals surface area contributed by atoms with Gasteiger partial charge in [-0.2, -0.15) is 0 Å². The number of hydrogen-bond donors (Lipinski definition) is 1. The third-order valence-electron chi connectivity index (χ3n) is 3.85. The van der Waals surface area contributed by atoms with E-state index < -0.39 is 0 Å². The smallest absolute Gasteiger partial charge is 0.305 e. The van der Waals surface area contributed by atoms with Crippen LogP contribution in [0.5, 0.6) is 0 Å². The van der Waals surface area contributed by atoms with E-state index in [1.807, 2.05) is 25.1 Å². The van der Waals surface area contributed by atoms with Crippen LogP contribution in [0.25, 0.3) is 0 Å². The largest absolute Gasteiger partial charge is 0.466 e. The van der Waals surface area contributed by atoms with E-state index in [4.69, 9.17) is 15.2 Å². The van der Waals surface area contributed by atoms with Crippen molar-refractivity contribution in [1.82, 2.24) is 0 Å². The Morgan fingerprint density at radius 1 is 1.00 bits per heavy atom. The van der Waals surface area contributed by atoms with Gasteiger partial charge in [-0.15, -0.1) is 0 Å². The Hall–Kier alpha value is -2.24. The third-order valence-corrected chi connectivity index (χ3v) is 3.85. The van der Waals surface area contributed by atoms with E-state index in [-0.39, 0.29) is 11.9 Å². The van der Waals surface area contributed by atoms with Crippen molar-refractivity contribution >= 4 is 23.3 Å². The molecule has 0 aliphatic heterocycles. The summed E-state index contributed by atoms with van der Waals surface area (Å²) in [5.74, 6) is -0.357. The first kappa shape index (κ1) is 20.8. The van der Waals surface area contributed by atoms with Gasteiger partial charge >= 0.3 is 11.9 Å². The summed E-state index contributed by atoms with van der Waals surface area (Å²) in [6.07, 6.45) is 2.16. The van der Waals surface area contributed by atoms with Crippen molar-refractivity contribution in [2.75, 3.05) is 36.9 Å². The van der Waals surface area contributed by atoms with Crippen molar-refractivity contribution in [2.45, 2.75) is 46.5 Å². The van der Waals surface area contributed by atoms with Crippen LogP contribution < -0.4 is 10.6 Å². The van der Waals surface area contributed by atoms with Crippen molar-refractivity contribution < 1.29 is 19.1 Å². The summed E-state index contributed by atoms with van der Waals surface area (Å²) >= 11 is 0. The molecule has 0 atom stereocenters. The highest BCUT2D eigenvalue weighted by atomic mass is 16.5. The lowest BCUT2D eigenvalue weighted by molar-refractivity contribution is -0.144. The molecule has 0 aliphatic rings. The fraction of sp³-hybridized carbons (Fsp3) is 0.579. The average molecular weight is 350 g/mol. The van der Waals surface area contributed by atoms with Crippen LogP contribution in [-0.2, 0) is 19.1 Å².